The SMILES string of the molecule is Cn1nc(-c2cc(C(F)(F)F)c(F)c(O)c2F)c2ccc(N3CCN(S(C)(=O)=O)CC3)nc21. The molecule has 0 amide bonds. The van der Waals surface area contributed by atoms with Gasteiger partial charge in [0, 0.05) is 44.2 Å². The zero-order chi connectivity index (χ0) is 24.3. The number of halogens is 5. The van der Waals surface area contributed by atoms with Crippen LogP contribution in [0.2, 0.25) is 0 Å². The number of aromatic nitrogens is 3. The summed E-state index contributed by atoms with van der Waals surface area (Å²) in [4.78, 5) is 6.28. The van der Waals surface area contributed by atoms with Crippen molar-refractivity contribution < 1.29 is 35.5 Å². The van der Waals surface area contributed by atoms with E-state index in [0.29, 0.717) is 18.9 Å². The fourth-order valence-electron chi connectivity index (χ4n) is 3.75. The summed E-state index contributed by atoms with van der Waals surface area (Å²) < 4.78 is 93.9. The van der Waals surface area contributed by atoms with Crippen molar-refractivity contribution in [3.8, 4) is 17.0 Å². The number of aryl methyl sites for hydroxylation is 1. The van der Waals surface area contributed by atoms with E-state index in [4.69, 9.17) is 0 Å². The van der Waals surface area contributed by atoms with Crippen LogP contribution in [0.4, 0.5) is 27.8 Å². The number of hydrogen-bond acceptors (Lipinski definition) is 6. The lowest BCUT2D eigenvalue weighted by atomic mass is 10.0. The third kappa shape index (κ3) is 4.08. The van der Waals surface area contributed by atoms with Gasteiger partial charge < -0.3 is 10.0 Å². The van der Waals surface area contributed by atoms with Crippen LogP contribution in [0, 0.1) is 11.6 Å². The molecule has 0 radical (unpaired) electrons. The van der Waals surface area contributed by atoms with Crippen LogP contribution in [0.3, 0.4) is 0 Å². The zero-order valence-corrected chi connectivity index (χ0v) is 18.2. The Morgan fingerprint density at radius 2 is 1.70 bits per heavy atom. The molecule has 1 saturated heterocycles. The molecule has 1 N–H and O–H groups in total. The Kier molecular flexibility index (Phi) is 5.47. The van der Waals surface area contributed by atoms with Crippen LogP contribution in [0.25, 0.3) is 22.3 Å². The first kappa shape index (κ1) is 23.2. The van der Waals surface area contributed by atoms with Gasteiger partial charge in [-0.2, -0.15) is 22.6 Å². The summed E-state index contributed by atoms with van der Waals surface area (Å²) >= 11 is 0. The van der Waals surface area contributed by atoms with Gasteiger partial charge in [0.1, 0.15) is 11.5 Å². The van der Waals surface area contributed by atoms with Crippen molar-refractivity contribution in [2.45, 2.75) is 6.18 Å². The summed E-state index contributed by atoms with van der Waals surface area (Å²) in [6.07, 6.45) is -4.03. The van der Waals surface area contributed by atoms with E-state index in [1.54, 1.807) is 6.07 Å². The molecule has 0 saturated carbocycles. The molecule has 3 aromatic rings. The lowest BCUT2D eigenvalue weighted by Crippen LogP contribution is -2.48. The number of nitrogens with zero attached hydrogens (tertiary/aromatic N) is 5. The van der Waals surface area contributed by atoms with E-state index < -0.39 is 44.7 Å². The molecule has 1 aromatic carbocycles. The molecular weight excluding hydrogens is 473 g/mol. The van der Waals surface area contributed by atoms with Crippen molar-refractivity contribution in [2.75, 3.05) is 37.3 Å². The van der Waals surface area contributed by atoms with E-state index in [9.17, 15) is 35.5 Å². The normalized spacial score (nSPS) is 16.0. The minimum Gasteiger partial charge on any atom is -0.503 e. The summed E-state index contributed by atoms with van der Waals surface area (Å²) in [7, 11) is -1.86. The lowest BCUT2D eigenvalue weighted by Gasteiger charge is -2.33. The van der Waals surface area contributed by atoms with Crippen molar-refractivity contribution >= 4 is 26.9 Å². The van der Waals surface area contributed by atoms with Crippen LogP contribution in [-0.2, 0) is 23.2 Å². The van der Waals surface area contributed by atoms with Crippen LogP contribution in [-0.4, -0.2) is 65.0 Å². The monoisotopic (exact) mass is 491 g/mol. The van der Waals surface area contributed by atoms with Gasteiger partial charge in [-0.1, -0.05) is 0 Å². The van der Waals surface area contributed by atoms with Gasteiger partial charge in [-0.3, -0.25) is 0 Å². The summed E-state index contributed by atoms with van der Waals surface area (Å²) in [6.45, 7) is 1.25. The molecule has 2 aromatic heterocycles. The van der Waals surface area contributed by atoms with Crippen molar-refractivity contribution in [2.24, 2.45) is 7.05 Å². The molecule has 0 spiro atoms. The van der Waals surface area contributed by atoms with Gasteiger partial charge in [0.25, 0.3) is 0 Å². The molecule has 1 aliphatic heterocycles. The van der Waals surface area contributed by atoms with Crippen molar-refractivity contribution in [3.63, 3.8) is 0 Å². The molecule has 0 unspecified atom stereocenters. The third-order valence-electron chi connectivity index (χ3n) is 5.44. The first-order valence-electron chi connectivity index (χ1n) is 9.61. The number of phenolic OH excluding ortho intramolecular Hbond substituents is 1. The number of hydrogen-bond donors (Lipinski definition) is 1. The molecule has 0 atom stereocenters. The second-order valence-corrected chi connectivity index (χ2v) is 9.59. The molecule has 0 aliphatic carbocycles. The minimum absolute atomic E-state index is 0.189. The topological polar surface area (TPSA) is 91.6 Å². The molecule has 1 aliphatic rings. The number of aromatic hydroxyl groups is 1. The number of phenols is 1. The van der Waals surface area contributed by atoms with E-state index in [1.165, 1.54) is 22.1 Å². The van der Waals surface area contributed by atoms with Gasteiger partial charge in [-0.25, -0.2) is 26.9 Å². The Balaban J connectivity index is 1.75. The smallest absolute Gasteiger partial charge is 0.419 e. The highest BCUT2D eigenvalue weighted by Crippen LogP contribution is 2.41. The fourth-order valence-corrected chi connectivity index (χ4v) is 4.57. The molecule has 0 bridgehead atoms. The Hall–Kier alpha value is -3.00. The lowest BCUT2D eigenvalue weighted by molar-refractivity contribution is -0.140. The van der Waals surface area contributed by atoms with E-state index in [-0.39, 0.29) is 35.9 Å². The Labute approximate surface area is 184 Å². The first-order valence-corrected chi connectivity index (χ1v) is 11.5. The highest BCUT2D eigenvalue weighted by Gasteiger charge is 2.38. The van der Waals surface area contributed by atoms with Crippen LogP contribution >= 0.6 is 0 Å². The standard InChI is InChI=1S/C19H18F5N5O3S/c1-27-18-10(3-4-13(25-18)28-5-7-29(8-6-28)33(2,31)32)16(26-27)11-9-12(19(22,23)24)15(21)17(30)14(11)20/h3-4,9,30H,5-8H2,1-2H3. The Bertz CT molecular complexity index is 1350. The number of benzene rings is 1. The number of fused-ring (bicyclic) bond motifs is 1. The number of alkyl halides is 3. The molecular formula is C19H18F5N5O3S. The summed E-state index contributed by atoms with van der Waals surface area (Å²) in [5.41, 5.74) is -2.57. The number of anilines is 1. The van der Waals surface area contributed by atoms with Crippen LogP contribution < -0.4 is 4.90 Å². The summed E-state index contributed by atoms with van der Waals surface area (Å²) in [6, 6.07) is 3.30. The average Bonchev–Trinajstić information content (AvgIpc) is 3.06. The maximum absolute atomic E-state index is 14.6. The van der Waals surface area contributed by atoms with E-state index >= 15 is 0 Å². The maximum Gasteiger partial charge on any atom is 0.419 e. The minimum atomic E-state index is -5.16. The van der Waals surface area contributed by atoms with Crippen molar-refractivity contribution in [1.29, 1.82) is 0 Å². The summed E-state index contributed by atoms with van der Waals surface area (Å²) in [5.74, 6) is -4.94. The van der Waals surface area contributed by atoms with Gasteiger partial charge in [0.05, 0.1) is 11.8 Å². The number of sulfonamides is 1. The predicted molar refractivity (Wildman–Crippen MR) is 109 cm³/mol. The molecule has 33 heavy (non-hydrogen) atoms. The molecule has 1 fully saturated rings. The Morgan fingerprint density at radius 3 is 2.27 bits per heavy atom. The zero-order valence-electron chi connectivity index (χ0n) is 17.4. The van der Waals surface area contributed by atoms with Gasteiger partial charge in [0.15, 0.2) is 23.0 Å². The highest BCUT2D eigenvalue weighted by atomic mass is 32.2. The van der Waals surface area contributed by atoms with Crippen LogP contribution in [0.1, 0.15) is 5.56 Å². The maximum atomic E-state index is 14.6. The molecule has 178 valence electrons. The van der Waals surface area contributed by atoms with Crippen LogP contribution in [0.5, 0.6) is 5.75 Å². The summed E-state index contributed by atoms with van der Waals surface area (Å²) in [5, 5.41) is 13.9. The van der Waals surface area contributed by atoms with Crippen molar-refractivity contribution in [3.05, 3.63) is 35.4 Å². The molecule has 3 heterocycles. The molecule has 4 rings (SSSR count). The van der Waals surface area contributed by atoms with Crippen molar-refractivity contribution in [1.82, 2.24) is 19.1 Å². The van der Waals surface area contributed by atoms with Gasteiger partial charge in [0.2, 0.25) is 10.0 Å². The van der Waals surface area contributed by atoms with E-state index in [0.717, 1.165) is 6.26 Å². The first-order chi connectivity index (χ1) is 15.3. The Morgan fingerprint density at radius 1 is 1.06 bits per heavy atom. The second-order valence-electron chi connectivity index (χ2n) is 7.61. The van der Waals surface area contributed by atoms with E-state index in [1.807, 2.05) is 4.90 Å². The fraction of sp³-hybridized carbons (Fsp3) is 0.368. The molecule has 8 nitrogen and oxygen atoms in total. The van der Waals surface area contributed by atoms with Gasteiger partial charge >= 0.3 is 6.18 Å². The quantitative estimate of drug-likeness (QED) is 0.567. The second kappa shape index (κ2) is 7.80. The molecule has 14 heteroatoms. The van der Waals surface area contributed by atoms with Gasteiger partial charge in [-0.15, -0.1) is 0 Å². The van der Waals surface area contributed by atoms with Gasteiger partial charge in [-0.05, 0) is 18.2 Å². The number of rotatable bonds is 3. The van der Waals surface area contributed by atoms with Crippen LogP contribution in [0.15, 0.2) is 18.2 Å². The largest absolute Gasteiger partial charge is 0.503 e. The number of piperazine rings is 1. The predicted octanol–water partition coefficient (Wildman–Crippen LogP) is 2.72. The average molecular weight is 491 g/mol. The highest BCUT2D eigenvalue weighted by molar-refractivity contribution is 7.88. The third-order valence-corrected chi connectivity index (χ3v) is 6.74. The number of pyridine rings is 1. The van der Waals surface area contributed by atoms with E-state index in [2.05, 4.69) is 10.1 Å².